The fourth-order valence-electron chi connectivity index (χ4n) is 3.22. The third-order valence-electron chi connectivity index (χ3n) is 4.71. The Morgan fingerprint density at radius 3 is 2.80 bits per heavy atom. The minimum atomic E-state index is -0.594. The maximum Gasteiger partial charge on any atom is 0.315 e. The highest BCUT2D eigenvalue weighted by Gasteiger charge is 2.42. The fourth-order valence-corrected chi connectivity index (χ4v) is 4.77. The summed E-state index contributed by atoms with van der Waals surface area (Å²) in [5, 5.41) is 9.25. The minimum absolute atomic E-state index is 0.0588. The first kappa shape index (κ1) is 19.8. The van der Waals surface area contributed by atoms with Crippen LogP contribution >= 0.6 is 11.8 Å². The predicted octanol–water partition coefficient (Wildman–Crippen LogP) is -0.189. The van der Waals surface area contributed by atoms with Gasteiger partial charge in [-0.2, -0.15) is 11.8 Å². The van der Waals surface area contributed by atoms with Crippen molar-refractivity contribution in [3.05, 3.63) is 0 Å². The molecule has 0 aromatic rings. The number of hydrogen-bond acceptors (Lipinski definition) is 5. The van der Waals surface area contributed by atoms with Crippen LogP contribution in [0.1, 0.15) is 44.9 Å². The standard InChI is InChI=1S/C16H29N5O3S/c17-10(15(18)23)5-3-4-8-19-13(22)7-2-1-6-12-14-11(9-25-12)20-16(24)21-14/h10-12,14H,1-9,17H2,(H2,18,23)(H,19,22)(H2,20,21,24)/t10-,11-,12+,14+/m1/s1. The third-order valence-corrected chi connectivity index (χ3v) is 6.22. The predicted molar refractivity (Wildman–Crippen MR) is 98.0 cm³/mol. The fraction of sp³-hybridized carbons (Fsp3) is 0.812. The minimum Gasteiger partial charge on any atom is -0.368 e. The maximum absolute atomic E-state index is 11.8. The van der Waals surface area contributed by atoms with E-state index >= 15 is 0 Å². The summed E-state index contributed by atoms with van der Waals surface area (Å²) >= 11 is 1.90. The molecule has 0 aliphatic carbocycles. The number of fused-ring (bicyclic) bond motifs is 1. The van der Waals surface area contributed by atoms with Gasteiger partial charge in [0.15, 0.2) is 0 Å². The van der Waals surface area contributed by atoms with E-state index in [1.807, 2.05) is 11.8 Å². The third kappa shape index (κ3) is 6.39. The Morgan fingerprint density at radius 2 is 2.04 bits per heavy atom. The quantitative estimate of drug-likeness (QED) is 0.253. The zero-order chi connectivity index (χ0) is 18.2. The molecular formula is C16H29N5O3S. The van der Waals surface area contributed by atoms with E-state index in [1.54, 1.807) is 0 Å². The molecule has 142 valence electrons. The highest BCUT2D eigenvalue weighted by molar-refractivity contribution is 8.00. The van der Waals surface area contributed by atoms with E-state index in [0.717, 1.165) is 37.9 Å². The van der Waals surface area contributed by atoms with Crippen LogP contribution in [-0.4, -0.2) is 53.5 Å². The van der Waals surface area contributed by atoms with Gasteiger partial charge in [0.1, 0.15) is 0 Å². The lowest BCUT2D eigenvalue weighted by Crippen LogP contribution is -2.36. The largest absolute Gasteiger partial charge is 0.368 e. The molecule has 4 amide bonds. The highest BCUT2D eigenvalue weighted by Crippen LogP contribution is 2.33. The molecule has 4 atom stereocenters. The Bertz CT molecular complexity index is 490. The topological polar surface area (TPSA) is 139 Å². The number of thioether (sulfide) groups is 1. The van der Waals surface area contributed by atoms with Crippen molar-refractivity contribution in [3.63, 3.8) is 0 Å². The van der Waals surface area contributed by atoms with E-state index in [1.165, 1.54) is 0 Å². The monoisotopic (exact) mass is 371 g/mol. The lowest BCUT2D eigenvalue weighted by atomic mass is 10.0. The lowest BCUT2D eigenvalue weighted by Gasteiger charge is -2.16. The van der Waals surface area contributed by atoms with Crippen LogP contribution in [0.4, 0.5) is 4.79 Å². The number of hydrogen-bond donors (Lipinski definition) is 5. The molecule has 8 nitrogen and oxygen atoms in total. The van der Waals surface area contributed by atoms with Gasteiger partial charge in [-0.25, -0.2) is 4.79 Å². The highest BCUT2D eigenvalue weighted by atomic mass is 32.2. The second-order valence-corrected chi connectivity index (χ2v) is 7.99. The molecule has 0 saturated carbocycles. The molecule has 0 spiro atoms. The van der Waals surface area contributed by atoms with Crippen molar-refractivity contribution in [2.45, 2.75) is 68.3 Å². The lowest BCUT2D eigenvalue weighted by molar-refractivity contribution is -0.121. The molecule has 0 aromatic heterocycles. The molecule has 0 radical (unpaired) electrons. The van der Waals surface area contributed by atoms with Gasteiger partial charge in [0.05, 0.1) is 18.1 Å². The summed E-state index contributed by atoms with van der Waals surface area (Å²) in [4.78, 5) is 33.9. The van der Waals surface area contributed by atoms with Gasteiger partial charge < -0.3 is 27.4 Å². The molecule has 2 heterocycles. The van der Waals surface area contributed by atoms with Crippen molar-refractivity contribution >= 4 is 29.6 Å². The van der Waals surface area contributed by atoms with Gasteiger partial charge in [0.2, 0.25) is 11.8 Å². The van der Waals surface area contributed by atoms with Crippen LogP contribution in [0.5, 0.6) is 0 Å². The van der Waals surface area contributed by atoms with Crippen molar-refractivity contribution in [3.8, 4) is 0 Å². The number of carbonyl (C=O) groups is 3. The first-order valence-electron chi connectivity index (χ1n) is 8.97. The molecule has 7 N–H and O–H groups in total. The van der Waals surface area contributed by atoms with Crippen molar-refractivity contribution in [2.75, 3.05) is 12.3 Å². The molecule has 0 bridgehead atoms. The summed E-state index contributed by atoms with van der Waals surface area (Å²) in [7, 11) is 0. The second kappa shape index (κ2) is 9.86. The molecule has 2 aliphatic heterocycles. The van der Waals surface area contributed by atoms with Crippen LogP contribution in [0.15, 0.2) is 0 Å². The van der Waals surface area contributed by atoms with Gasteiger partial charge in [-0.3, -0.25) is 9.59 Å². The smallest absolute Gasteiger partial charge is 0.315 e. The van der Waals surface area contributed by atoms with Crippen LogP contribution in [0, 0.1) is 0 Å². The summed E-state index contributed by atoms with van der Waals surface area (Å²) in [6.45, 7) is 0.601. The number of carbonyl (C=O) groups excluding carboxylic acids is 3. The summed E-state index contributed by atoms with van der Waals surface area (Å²) < 4.78 is 0. The van der Waals surface area contributed by atoms with Gasteiger partial charge in [0, 0.05) is 24.0 Å². The summed E-state index contributed by atoms with van der Waals surface area (Å²) in [6, 6.07) is -0.161. The SMILES string of the molecule is NC(=O)[C@H](N)CCCCNC(=O)CCCC[C@@H]1SC[C@H]2NC(=O)N[C@H]12. The summed E-state index contributed by atoms with van der Waals surface area (Å²) in [5.41, 5.74) is 10.6. The van der Waals surface area contributed by atoms with Crippen LogP contribution < -0.4 is 27.4 Å². The van der Waals surface area contributed by atoms with E-state index in [-0.39, 0.29) is 24.0 Å². The second-order valence-electron chi connectivity index (χ2n) is 6.72. The average molecular weight is 372 g/mol. The van der Waals surface area contributed by atoms with E-state index in [9.17, 15) is 14.4 Å². The van der Waals surface area contributed by atoms with E-state index < -0.39 is 11.9 Å². The summed E-state index contributed by atoms with van der Waals surface area (Å²) in [6.07, 6.45) is 5.50. The molecule has 2 saturated heterocycles. The number of nitrogens with one attached hydrogen (secondary N) is 3. The van der Waals surface area contributed by atoms with Gasteiger partial charge in [-0.15, -0.1) is 0 Å². The van der Waals surface area contributed by atoms with E-state index in [2.05, 4.69) is 16.0 Å². The normalized spacial score (nSPS) is 25.8. The molecule has 2 rings (SSSR count). The van der Waals surface area contributed by atoms with Crippen molar-refractivity contribution in [1.82, 2.24) is 16.0 Å². The van der Waals surface area contributed by atoms with Crippen molar-refractivity contribution in [1.29, 1.82) is 0 Å². The van der Waals surface area contributed by atoms with Crippen molar-refractivity contribution < 1.29 is 14.4 Å². The molecule has 0 unspecified atom stereocenters. The molecule has 25 heavy (non-hydrogen) atoms. The number of nitrogens with two attached hydrogens (primary N) is 2. The van der Waals surface area contributed by atoms with Crippen LogP contribution in [0.2, 0.25) is 0 Å². The zero-order valence-corrected chi connectivity index (χ0v) is 15.3. The van der Waals surface area contributed by atoms with Gasteiger partial charge in [-0.1, -0.05) is 6.42 Å². The van der Waals surface area contributed by atoms with Crippen molar-refractivity contribution in [2.24, 2.45) is 11.5 Å². The van der Waals surface area contributed by atoms with Gasteiger partial charge in [0.25, 0.3) is 0 Å². The Balaban J connectivity index is 1.46. The Labute approximate surface area is 152 Å². The van der Waals surface area contributed by atoms with E-state index in [4.69, 9.17) is 11.5 Å². The Morgan fingerprint density at radius 1 is 1.24 bits per heavy atom. The van der Waals surface area contributed by atoms with Crippen LogP contribution in [0.25, 0.3) is 0 Å². The number of rotatable bonds is 11. The Hall–Kier alpha value is -1.48. The zero-order valence-electron chi connectivity index (χ0n) is 14.5. The Kier molecular flexibility index (Phi) is 7.83. The number of primary amides is 1. The number of urea groups is 1. The first-order chi connectivity index (χ1) is 12.0. The average Bonchev–Trinajstić information content (AvgIpc) is 3.10. The molecule has 2 fully saturated rings. The molecule has 2 aliphatic rings. The number of unbranched alkanes of at least 4 members (excludes halogenated alkanes) is 2. The van der Waals surface area contributed by atoms with Crippen LogP contribution in [0.3, 0.4) is 0 Å². The van der Waals surface area contributed by atoms with Gasteiger partial charge in [-0.05, 0) is 32.1 Å². The molecule has 9 heteroatoms. The maximum atomic E-state index is 11.8. The van der Waals surface area contributed by atoms with E-state index in [0.29, 0.717) is 24.6 Å². The molecular weight excluding hydrogens is 342 g/mol. The summed E-state index contributed by atoms with van der Waals surface area (Å²) in [5.74, 6) is 0.546. The van der Waals surface area contributed by atoms with Crippen LogP contribution in [-0.2, 0) is 9.59 Å². The van der Waals surface area contributed by atoms with Gasteiger partial charge >= 0.3 is 6.03 Å². The molecule has 0 aromatic carbocycles. The number of amides is 4. The first-order valence-corrected chi connectivity index (χ1v) is 10.0.